The highest BCUT2D eigenvalue weighted by Gasteiger charge is 2.29. The number of ether oxygens (including phenoxy) is 1. The van der Waals surface area contributed by atoms with Gasteiger partial charge in [-0.1, -0.05) is 6.92 Å². The highest BCUT2D eigenvalue weighted by molar-refractivity contribution is 5.67. The molecule has 112 valence electrons. The van der Waals surface area contributed by atoms with Gasteiger partial charge in [-0.25, -0.2) is 4.79 Å². The summed E-state index contributed by atoms with van der Waals surface area (Å²) in [6.07, 6.45) is 1.60. The van der Waals surface area contributed by atoms with Gasteiger partial charge in [0.25, 0.3) is 0 Å². The summed E-state index contributed by atoms with van der Waals surface area (Å²) in [7, 11) is 1.35. The highest BCUT2D eigenvalue weighted by atomic mass is 16.5. The molecule has 1 saturated heterocycles. The number of hydrogen-bond acceptors (Lipinski definition) is 5. The van der Waals surface area contributed by atoms with E-state index in [1.165, 1.54) is 7.11 Å². The van der Waals surface area contributed by atoms with Crippen molar-refractivity contribution in [2.75, 3.05) is 33.4 Å². The summed E-state index contributed by atoms with van der Waals surface area (Å²) in [5, 5.41) is 21.6. The molecule has 3 atom stereocenters. The Bertz CT molecular complexity index is 275. The Balaban J connectivity index is 2.54. The van der Waals surface area contributed by atoms with Crippen LogP contribution in [0.25, 0.3) is 0 Å². The minimum atomic E-state index is -0.425. The molecule has 0 aliphatic carbocycles. The number of aliphatic hydroxyl groups excluding tert-OH is 2. The second-order valence-electron chi connectivity index (χ2n) is 5.22. The van der Waals surface area contributed by atoms with Crippen LogP contribution in [0, 0.1) is 5.92 Å². The maximum Gasteiger partial charge on any atom is 0.407 e. The molecule has 6 nitrogen and oxygen atoms in total. The SMILES string of the molecule is CCC(O)CC1CC(NC(=O)OC)CN(CCO)C1. The molecule has 0 spiro atoms. The lowest BCUT2D eigenvalue weighted by Crippen LogP contribution is -2.51. The van der Waals surface area contributed by atoms with Crippen molar-refractivity contribution in [3.05, 3.63) is 0 Å². The third-order valence-electron chi connectivity index (χ3n) is 3.61. The van der Waals surface area contributed by atoms with E-state index in [2.05, 4.69) is 15.0 Å². The van der Waals surface area contributed by atoms with Crippen LogP contribution in [0.15, 0.2) is 0 Å². The highest BCUT2D eigenvalue weighted by Crippen LogP contribution is 2.22. The molecule has 0 saturated carbocycles. The van der Waals surface area contributed by atoms with Crippen LogP contribution >= 0.6 is 0 Å². The first kappa shape index (κ1) is 16.2. The monoisotopic (exact) mass is 274 g/mol. The molecule has 1 fully saturated rings. The van der Waals surface area contributed by atoms with Crippen molar-refractivity contribution in [3.63, 3.8) is 0 Å². The second-order valence-corrected chi connectivity index (χ2v) is 5.22. The van der Waals surface area contributed by atoms with Crippen LogP contribution < -0.4 is 5.32 Å². The Hall–Kier alpha value is -0.850. The Kier molecular flexibility index (Phi) is 7.12. The summed E-state index contributed by atoms with van der Waals surface area (Å²) in [6, 6.07) is 0.0156. The second kappa shape index (κ2) is 8.35. The summed E-state index contributed by atoms with van der Waals surface area (Å²) in [6.45, 7) is 4.24. The van der Waals surface area contributed by atoms with Crippen LogP contribution in [0.2, 0.25) is 0 Å². The first-order valence-electron chi connectivity index (χ1n) is 6.94. The van der Waals surface area contributed by atoms with Gasteiger partial charge in [-0.15, -0.1) is 0 Å². The molecule has 19 heavy (non-hydrogen) atoms. The number of nitrogens with zero attached hydrogens (tertiary/aromatic N) is 1. The number of methoxy groups -OCH3 is 1. The number of amides is 1. The number of hydrogen-bond donors (Lipinski definition) is 3. The average molecular weight is 274 g/mol. The van der Waals surface area contributed by atoms with Crippen LogP contribution in [0.1, 0.15) is 26.2 Å². The van der Waals surface area contributed by atoms with E-state index in [0.717, 1.165) is 25.8 Å². The molecule has 3 unspecified atom stereocenters. The van der Waals surface area contributed by atoms with Gasteiger partial charge in [0.2, 0.25) is 0 Å². The Morgan fingerprint density at radius 3 is 2.84 bits per heavy atom. The van der Waals surface area contributed by atoms with Crippen molar-refractivity contribution >= 4 is 6.09 Å². The van der Waals surface area contributed by atoms with E-state index in [-0.39, 0.29) is 18.8 Å². The van der Waals surface area contributed by atoms with Gasteiger partial charge in [-0.3, -0.25) is 4.90 Å². The lowest BCUT2D eigenvalue weighted by atomic mass is 9.89. The Labute approximate surface area is 114 Å². The molecule has 6 heteroatoms. The number of nitrogens with one attached hydrogen (secondary N) is 1. The molecule has 1 amide bonds. The number of aliphatic hydroxyl groups is 2. The molecule has 0 aromatic rings. The number of carbonyl (C=O) groups excluding carboxylic acids is 1. The van der Waals surface area contributed by atoms with Gasteiger partial charge in [0.05, 0.1) is 19.8 Å². The standard InChI is InChI=1S/C13H26N2O4/c1-3-12(17)7-10-6-11(14-13(18)19-2)9-15(8-10)4-5-16/h10-12,16-17H,3-9H2,1-2H3,(H,14,18). The molecule has 1 aliphatic rings. The van der Waals surface area contributed by atoms with Gasteiger partial charge >= 0.3 is 6.09 Å². The molecule has 0 radical (unpaired) electrons. The van der Waals surface area contributed by atoms with E-state index in [1.807, 2.05) is 6.92 Å². The predicted octanol–water partition coefficient (Wildman–Crippen LogP) is 0.186. The van der Waals surface area contributed by atoms with Crippen molar-refractivity contribution < 1.29 is 19.7 Å². The van der Waals surface area contributed by atoms with E-state index in [0.29, 0.717) is 19.0 Å². The lowest BCUT2D eigenvalue weighted by molar-refractivity contribution is 0.0731. The zero-order chi connectivity index (χ0) is 14.3. The molecule has 0 bridgehead atoms. The fourth-order valence-corrected chi connectivity index (χ4v) is 2.68. The maximum atomic E-state index is 11.3. The summed E-state index contributed by atoms with van der Waals surface area (Å²) in [5.41, 5.74) is 0. The summed E-state index contributed by atoms with van der Waals surface area (Å²) in [4.78, 5) is 13.4. The molecular formula is C13H26N2O4. The predicted molar refractivity (Wildman–Crippen MR) is 71.9 cm³/mol. The van der Waals surface area contributed by atoms with Gasteiger partial charge in [-0.2, -0.15) is 0 Å². The van der Waals surface area contributed by atoms with Crippen molar-refractivity contribution in [2.45, 2.75) is 38.3 Å². The summed E-state index contributed by atoms with van der Waals surface area (Å²) < 4.78 is 4.62. The first-order valence-corrected chi connectivity index (χ1v) is 6.94. The van der Waals surface area contributed by atoms with Crippen molar-refractivity contribution in [2.24, 2.45) is 5.92 Å². The topological polar surface area (TPSA) is 82.0 Å². The van der Waals surface area contributed by atoms with Crippen LogP contribution in [-0.4, -0.2) is 66.7 Å². The van der Waals surface area contributed by atoms with Crippen molar-refractivity contribution in [1.82, 2.24) is 10.2 Å². The van der Waals surface area contributed by atoms with Crippen molar-refractivity contribution in [3.8, 4) is 0 Å². The minimum Gasteiger partial charge on any atom is -0.453 e. The normalized spacial score (nSPS) is 25.9. The Morgan fingerprint density at radius 1 is 1.53 bits per heavy atom. The van der Waals surface area contributed by atoms with Crippen LogP contribution in [0.3, 0.4) is 0 Å². The minimum absolute atomic E-state index is 0.0156. The molecule has 1 heterocycles. The van der Waals surface area contributed by atoms with Crippen LogP contribution in [0.5, 0.6) is 0 Å². The maximum absolute atomic E-state index is 11.3. The summed E-state index contributed by atoms with van der Waals surface area (Å²) in [5.74, 6) is 0.331. The van der Waals surface area contributed by atoms with Gasteiger partial charge in [0.1, 0.15) is 0 Å². The molecular weight excluding hydrogens is 248 g/mol. The number of β-amino-alcohol motifs (C(OH)–C–C–N with tert-alkyl or cyclic N) is 1. The largest absolute Gasteiger partial charge is 0.453 e. The fraction of sp³-hybridized carbons (Fsp3) is 0.923. The number of rotatable bonds is 6. The van der Waals surface area contributed by atoms with E-state index in [9.17, 15) is 9.90 Å². The molecule has 0 aromatic heterocycles. The van der Waals surface area contributed by atoms with E-state index in [4.69, 9.17) is 5.11 Å². The fourth-order valence-electron chi connectivity index (χ4n) is 2.68. The van der Waals surface area contributed by atoms with Crippen molar-refractivity contribution in [1.29, 1.82) is 0 Å². The van der Waals surface area contributed by atoms with Crippen LogP contribution in [-0.2, 0) is 4.74 Å². The Morgan fingerprint density at radius 2 is 2.26 bits per heavy atom. The molecule has 1 aliphatic heterocycles. The van der Waals surface area contributed by atoms with Gasteiger partial charge in [0.15, 0.2) is 0 Å². The van der Waals surface area contributed by atoms with Gasteiger partial charge in [0, 0.05) is 25.7 Å². The lowest BCUT2D eigenvalue weighted by Gasteiger charge is -2.38. The average Bonchev–Trinajstić information content (AvgIpc) is 2.38. The molecule has 0 aromatic carbocycles. The number of alkyl carbamates (subject to hydrolysis) is 1. The first-order chi connectivity index (χ1) is 9.08. The third-order valence-corrected chi connectivity index (χ3v) is 3.61. The summed E-state index contributed by atoms with van der Waals surface area (Å²) >= 11 is 0. The van der Waals surface area contributed by atoms with E-state index < -0.39 is 6.09 Å². The molecule has 1 rings (SSSR count). The smallest absolute Gasteiger partial charge is 0.407 e. The van der Waals surface area contributed by atoms with Crippen LogP contribution in [0.4, 0.5) is 4.79 Å². The van der Waals surface area contributed by atoms with Gasteiger partial charge < -0.3 is 20.3 Å². The zero-order valence-electron chi connectivity index (χ0n) is 11.8. The number of carbonyl (C=O) groups is 1. The quantitative estimate of drug-likeness (QED) is 0.644. The number of piperidine rings is 1. The van der Waals surface area contributed by atoms with Gasteiger partial charge in [-0.05, 0) is 25.2 Å². The van der Waals surface area contributed by atoms with E-state index >= 15 is 0 Å². The third kappa shape index (κ3) is 5.76. The zero-order valence-corrected chi connectivity index (χ0v) is 11.8. The van der Waals surface area contributed by atoms with E-state index in [1.54, 1.807) is 0 Å². The molecule has 3 N–H and O–H groups in total. The number of likely N-dealkylation sites (tertiary alicyclic amines) is 1.